The Labute approximate surface area is 84.5 Å². The fraction of sp³-hybridized carbons (Fsp3) is 0.800. The Morgan fingerprint density at radius 3 is 2.25 bits per heavy atom. The van der Waals surface area contributed by atoms with Crippen LogP contribution in [0, 0.1) is 0 Å². The van der Waals surface area contributed by atoms with E-state index >= 15 is 0 Å². The summed E-state index contributed by atoms with van der Waals surface area (Å²) >= 11 is 15.9. The van der Waals surface area contributed by atoms with Crippen LogP contribution in [0.15, 0.2) is 0 Å². The molecule has 0 aliphatic heterocycles. The van der Waals surface area contributed by atoms with Gasteiger partial charge >= 0.3 is 6.09 Å². The predicted molar refractivity (Wildman–Crippen MR) is 46.4 cm³/mol. The Morgan fingerprint density at radius 1 is 1.58 bits per heavy atom. The van der Waals surface area contributed by atoms with Crippen molar-refractivity contribution in [3.8, 4) is 0 Å². The molecule has 0 aromatic carbocycles. The van der Waals surface area contributed by atoms with Crippen LogP contribution in [-0.2, 0) is 4.74 Å². The molecule has 4 nitrogen and oxygen atoms in total. The number of aliphatic hydroxyl groups is 1. The van der Waals surface area contributed by atoms with Gasteiger partial charge in [-0.1, -0.05) is 34.8 Å². The van der Waals surface area contributed by atoms with Gasteiger partial charge in [0.05, 0.1) is 0 Å². The first-order chi connectivity index (χ1) is 5.25. The molecule has 0 aliphatic rings. The molecular formula is C5H8Cl3NO3. The van der Waals surface area contributed by atoms with Gasteiger partial charge in [0.2, 0.25) is 3.79 Å². The molecule has 0 aromatic heterocycles. The molecule has 12 heavy (non-hydrogen) atoms. The maximum absolute atomic E-state index is 10.2. The summed E-state index contributed by atoms with van der Waals surface area (Å²) in [7, 11) is 0. The van der Waals surface area contributed by atoms with Crippen molar-refractivity contribution in [3.05, 3.63) is 0 Å². The van der Waals surface area contributed by atoms with E-state index in [2.05, 4.69) is 10.5 Å². The minimum absolute atomic E-state index is 0.963. The summed E-state index contributed by atoms with van der Waals surface area (Å²) in [4.78, 5) is 10.2. The normalized spacial score (nSPS) is 16.8. The van der Waals surface area contributed by atoms with E-state index in [1.165, 1.54) is 6.92 Å². The van der Waals surface area contributed by atoms with E-state index in [0.29, 0.717) is 0 Å². The van der Waals surface area contributed by atoms with Crippen LogP contribution in [0.3, 0.4) is 0 Å². The number of carbonyl (C=O) groups is 1. The second-order valence-electron chi connectivity index (χ2n) is 2.13. The minimum Gasteiger partial charge on any atom is -0.444 e. The third kappa shape index (κ3) is 4.21. The summed E-state index contributed by atoms with van der Waals surface area (Å²) in [5.74, 6) is 0. The largest absolute Gasteiger partial charge is 0.444 e. The van der Waals surface area contributed by atoms with Gasteiger partial charge in [0, 0.05) is 0 Å². The summed E-state index contributed by atoms with van der Waals surface area (Å²) in [5.41, 5.74) is 4.67. The number of hydrogen-bond donors (Lipinski definition) is 2. The highest BCUT2D eigenvalue weighted by Crippen LogP contribution is 2.32. The van der Waals surface area contributed by atoms with E-state index in [1.807, 2.05) is 0 Å². The lowest BCUT2D eigenvalue weighted by Crippen LogP contribution is -2.39. The smallest absolute Gasteiger partial charge is 0.404 e. The number of halogens is 3. The molecule has 0 fully saturated rings. The number of aliphatic hydroxyl groups excluding tert-OH is 1. The van der Waals surface area contributed by atoms with Gasteiger partial charge < -0.3 is 15.6 Å². The molecule has 0 spiro atoms. The summed E-state index contributed by atoms with van der Waals surface area (Å²) in [6.07, 6.45) is -3.40. The number of alkyl halides is 3. The van der Waals surface area contributed by atoms with Crippen molar-refractivity contribution < 1.29 is 14.6 Å². The number of hydrogen-bond acceptors (Lipinski definition) is 3. The van der Waals surface area contributed by atoms with Gasteiger partial charge in [0.1, 0.15) is 12.2 Å². The summed E-state index contributed by atoms with van der Waals surface area (Å²) in [6, 6.07) is 0. The maximum atomic E-state index is 10.2. The van der Waals surface area contributed by atoms with Crippen molar-refractivity contribution in [2.75, 3.05) is 0 Å². The summed E-state index contributed by atoms with van der Waals surface area (Å²) < 4.78 is 2.48. The van der Waals surface area contributed by atoms with Gasteiger partial charge in [0.15, 0.2) is 0 Å². The first-order valence-electron chi connectivity index (χ1n) is 2.96. The zero-order valence-corrected chi connectivity index (χ0v) is 8.40. The van der Waals surface area contributed by atoms with Gasteiger partial charge in [-0.3, -0.25) is 0 Å². The lowest BCUT2D eigenvalue weighted by atomic mass is 10.2. The van der Waals surface area contributed by atoms with Crippen LogP contribution in [0.1, 0.15) is 6.92 Å². The zero-order chi connectivity index (χ0) is 9.94. The monoisotopic (exact) mass is 235 g/mol. The van der Waals surface area contributed by atoms with Crippen LogP contribution in [0.4, 0.5) is 4.79 Å². The molecule has 0 aromatic rings. The Hall–Kier alpha value is 0.1000. The average molecular weight is 236 g/mol. The van der Waals surface area contributed by atoms with Crippen molar-refractivity contribution in [1.82, 2.24) is 0 Å². The second-order valence-corrected chi connectivity index (χ2v) is 4.50. The number of nitrogens with two attached hydrogens (primary N) is 1. The number of amides is 1. The van der Waals surface area contributed by atoms with Crippen LogP contribution >= 0.6 is 34.8 Å². The van der Waals surface area contributed by atoms with E-state index in [1.54, 1.807) is 0 Å². The molecule has 2 atom stereocenters. The van der Waals surface area contributed by atoms with Crippen molar-refractivity contribution in [1.29, 1.82) is 0 Å². The van der Waals surface area contributed by atoms with Crippen molar-refractivity contribution in [2.24, 2.45) is 5.73 Å². The molecule has 0 saturated carbocycles. The molecule has 0 radical (unpaired) electrons. The lowest BCUT2D eigenvalue weighted by molar-refractivity contribution is 0.0190. The van der Waals surface area contributed by atoms with Gasteiger partial charge in [-0.2, -0.15) is 0 Å². The highest BCUT2D eigenvalue weighted by Gasteiger charge is 2.36. The number of primary amides is 1. The van der Waals surface area contributed by atoms with E-state index in [4.69, 9.17) is 34.8 Å². The topological polar surface area (TPSA) is 72.5 Å². The molecule has 0 bridgehead atoms. The lowest BCUT2D eigenvalue weighted by Gasteiger charge is -2.23. The maximum Gasteiger partial charge on any atom is 0.404 e. The van der Waals surface area contributed by atoms with Gasteiger partial charge in [-0.25, -0.2) is 4.79 Å². The highest BCUT2D eigenvalue weighted by molar-refractivity contribution is 6.68. The SMILES string of the molecule is CC(OC(N)=O)C(O)C(Cl)(Cl)Cl. The molecule has 0 heterocycles. The standard InChI is InChI=1S/C5H8Cl3NO3/c1-2(12-4(9)11)3(10)5(6,7)8/h2-3,10H,1H3,(H2,9,11). The van der Waals surface area contributed by atoms with E-state index < -0.39 is 22.1 Å². The number of carbonyl (C=O) groups excluding carboxylic acids is 1. The zero-order valence-electron chi connectivity index (χ0n) is 6.13. The molecule has 0 rings (SSSR count). The van der Waals surface area contributed by atoms with Crippen molar-refractivity contribution in [3.63, 3.8) is 0 Å². The molecule has 72 valence electrons. The second kappa shape index (κ2) is 4.37. The van der Waals surface area contributed by atoms with Crippen molar-refractivity contribution >= 4 is 40.9 Å². The van der Waals surface area contributed by atoms with E-state index in [9.17, 15) is 9.90 Å². The Morgan fingerprint density at radius 2 is 2.00 bits per heavy atom. The van der Waals surface area contributed by atoms with E-state index in [-0.39, 0.29) is 0 Å². The summed E-state index contributed by atoms with van der Waals surface area (Å²) in [6.45, 7) is 1.36. The third-order valence-electron chi connectivity index (χ3n) is 1.08. The third-order valence-corrected chi connectivity index (χ3v) is 1.75. The molecule has 0 saturated heterocycles. The first kappa shape index (κ1) is 12.1. The van der Waals surface area contributed by atoms with Crippen LogP contribution < -0.4 is 5.73 Å². The van der Waals surface area contributed by atoms with Crippen LogP contribution in [0.25, 0.3) is 0 Å². The highest BCUT2D eigenvalue weighted by atomic mass is 35.6. The Kier molecular flexibility index (Phi) is 4.40. The number of ether oxygens (including phenoxy) is 1. The molecule has 7 heteroatoms. The van der Waals surface area contributed by atoms with Crippen LogP contribution in [-0.4, -0.2) is 27.2 Å². The molecule has 3 N–H and O–H groups in total. The Bertz CT molecular complexity index is 170. The Balaban J connectivity index is 4.10. The number of rotatable bonds is 2. The molecule has 1 amide bonds. The van der Waals surface area contributed by atoms with Crippen molar-refractivity contribution in [2.45, 2.75) is 22.9 Å². The minimum atomic E-state index is -1.89. The van der Waals surface area contributed by atoms with Crippen LogP contribution in [0.5, 0.6) is 0 Å². The fourth-order valence-corrected chi connectivity index (χ4v) is 1.05. The quantitative estimate of drug-likeness (QED) is 0.708. The molecule has 0 aliphatic carbocycles. The van der Waals surface area contributed by atoms with Gasteiger partial charge in [-0.05, 0) is 6.92 Å². The fourth-order valence-electron chi connectivity index (χ4n) is 0.514. The predicted octanol–water partition coefficient (Wildman–Crippen LogP) is 1.20. The van der Waals surface area contributed by atoms with Gasteiger partial charge in [0.25, 0.3) is 0 Å². The average Bonchev–Trinajstić information content (AvgIpc) is 1.82. The first-order valence-corrected chi connectivity index (χ1v) is 4.09. The van der Waals surface area contributed by atoms with Gasteiger partial charge in [-0.15, -0.1) is 0 Å². The van der Waals surface area contributed by atoms with Crippen LogP contribution in [0.2, 0.25) is 0 Å². The molecule has 2 unspecified atom stereocenters. The molecular weight excluding hydrogens is 228 g/mol. The summed E-state index contributed by atoms with van der Waals surface area (Å²) in [5, 5.41) is 9.17. The van der Waals surface area contributed by atoms with E-state index in [0.717, 1.165) is 0 Å².